The molecule has 0 saturated heterocycles. The van der Waals surface area contributed by atoms with Crippen molar-refractivity contribution in [3.63, 3.8) is 0 Å². The van der Waals surface area contributed by atoms with Gasteiger partial charge in [-0.3, -0.25) is 4.79 Å². The zero-order valence-corrected chi connectivity index (χ0v) is 12.4. The number of hydrogen-bond acceptors (Lipinski definition) is 2. The van der Waals surface area contributed by atoms with Gasteiger partial charge in [-0.2, -0.15) is 0 Å². The Bertz CT molecular complexity index is 470. The molecule has 0 heterocycles. The number of aromatic hydroxyl groups is 1. The average Bonchev–Trinajstić information content (AvgIpc) is 2.27. The Labute approximate surface area is 115 Å². The van der Waals surface area contributed by atoms with Crippen LogP contribution < -0.4 is 0 Å². The van der Waals surface area contributed by atoms with Gasteiger partial charge in [0.25, 0.3) is 0 Å². The van der Waals surface area contributed by atoms with Crippen molar-refractivity contribution in [2.24, 2.45) is 0 Å². The number of aliphatic carboxylic acids is 1. The van der Waals surface area contributed by atoms with Crippen LogP contribution in [0.5, 0.6) is 5.75 Å². The van der Waals surface area contributed by atoms with Gasteiger partial charge in [-0.05, 0) is 41.5 Å². The van der Waals surface area contributed by atoms with Crippen LogP contribution in [0.3, 0.4) is 0 Å². The number of phenolic OH excluding ortho intramolecular Hbond substituents is 1. The zero-order valence-electron chi connectivity index (χ0n) is 12.4. The highest BCUT2D eigenvalue weighted by Gasteiger charge is 2.27. The van der Waals surface area contributed by atoms with Crippen LogP contribution in [-0.4, -0.2) is 16.2 Å². The molecule has 3 nitrogen and oxygen atoms in total. The lowest BCUT2D eigenvalue weighted by atomic mass is 9.78. The molecule has 19 heavy (non-hydrogen) atoms. The van der Waals surface area contributed by atoms with Crippen molar-refractivity contribution in [1.29, 1.82) is 0 Å². The minimum absolute atomic E-state index is 0.193. The van der Waals surface area contributed by atoms with E-state index < -0.39 is 11.9 Å². The van der Waals surface area contributed by atoms with Gasteiger partial charge in [0.1, 0.15) is 5.75 Å². The first-order valence-corrected chi connectivity index (χ1v) is 6.75. The number of phenols is 1. The number of carbonyl (C=O) groups is 1. The summed E-state index contributed by atoms with van der Waals surface area (Å²) in [5.41, 5.74) is 2.28. The molecular weight excluding hydrogens is 240 g/mol. The van der Waals surface area contributed by atoms with Crippen molar-refractivity contribution >= 4 is 5.97 Å². The molecule has 0 aromatic heterocycles. The fourth-order valence-electron chi connectivity index (χ4n) is 2.36. The standard InChI is InChI=1S/C16H24O3/c1-6-7-11(15(18)19)12-8-10(2)14(17)9-13(12)16(3,4)5/h8-9,11,17H,6-7H2,1-5H3,(H,18,19). The molecule has 0 radical (unpaired) electrons. The Morgan fingerprint density at radius 3 is 2.32 bits per heavy atom. The Kier molecular flexibility index (Phi) is 4.61. The predicted molar refractivity (Wildman–Crippen MR) is 76.8 cm³/mol. The van der Waals surface area contributed by atoms with Crippen LogP contribution in [0.2, 0.25) is 0 Å². The van der Waals surface area contributed by atoms with Gasteiger partial charge in [-0.1, -0.05) is 40.2 Å². The topological polar surface area (TPSA) is 57.5 Å². The Hall–Kier alpha value is -1.51. The normalized spacial score (nSPS) is 13.3. The second-order valence-electron chi connectivity index (χ2n) is 6.16. The second-order valence-corrected chi connectivity index (χ2v) is 6.16. The van der Waals surface area contributed by atoms with Crippen LogP contribution in [0.25, 0.3) is 0 Å². The van der Waals surface area contributed by atoms with E-state index in [1.54, 1.807) is 13.0 Å². The molecular formula is C16H24O3. The maximum Gasteiger partial charge on any atom is 0.310 e. The lowest BCUT2D eigenvalue weighted by molar-refractivity contribution is -0.139. The molecule has 3 heteroatoms. The predicted octanol–water partition coefficient (Wildman–Crippen LogP) is 3.97. The fourth-order valence-corrected chi connectivity index (χ4v) is 2.36. The molecule has 0 saturated carbocycles. The summed E-state index contributed by atoms with van der Waals surface area (Å²) in [5.74, 6) is -1.06. The smallest absolute Gasteiger partial charge is 0.310 e. The van der Waals surface area contributed by atoms with E-state index in [4.69, 9.17) is 0 Å². The second kappa shape index (κ2) is 5.64. The maximum atomic E-state index is 11.5. The van der Waals surface area contributed by atoms with Crippen molar-refractivity contribution in [2.45, 2.75) is 58.8 Å². The molecule has 1 aromatic carbocycles. The summed E-state index contributed by atoms with van der Waals surface area (Å²) in [6.07, 6.45) is 1.43. The van der Waals surface area contributed by atoms with Gasteiger partial charge in [0, 0.05) is 0 Å². The lowest BCUT2D eigenvalue weighted by Gasteiger charge is -2.26. The summed E-state index contributed by atoms with van der Waals surface area (Å²) in [6.45, 7) is 9.89. The minimum Gasteiger partial charge on any atom is -0.508 e. The van der Waals surface area contributed by atoms with E-state index in [-0.39, 0.29) is 11.2 Å². The summed E-state index contributed by atoms with van der Waals surface area (Å²) >= 11 is 0. The van der Waals surface area contributed by atoms with Crippen molar-refractivity contribution in [3.8, 4) is 5.75 Å². The first-order chi connectivity index (χ1) is 8.68. The molecule has 2 N–H and O–H groups in total. The van der Waals surface area contributed by atoms with E-state index in [0.29, 0.717) is 6.42 Å². The molecule has 0 bridgehead atoms. The minimum atomic E-state index is -0.794. The molecule has 1 aromatic rings. The molecule has 0 fully saturated rings. The summed E-state index contributed by atoms with van der Waals surface area (Å²) < 4.78 is 0. The van der Waals surface area contributed by atoms with Crippen molar-refractivity contribution < 1.29 is 15.0 Å². The Morgan fingerprint density at radius 1 is 1.32 bits per heavy atom. The summed E-state index contributed by atoms with van der Waals surface area (Å²) in [7, 11) is 0. The van der Waals surface area contributed by atoms with E-state index >= 15 is 0 Å². The van der Waals surface area contributed by atoms with E-state index in [2.05, 4.69) is 0 Å². The molecule has 0 aliphatic rings. The van der Waals surface area contributed by atoms with Gasteiger partial charge >= 0.3 is 5.97 Å². The fraction of sp³-hybridized carbons (Fsp3) is 0.562. The Balaban J connectivity index is 3.46. The van der Waals surface area contributed by atoms with Gasteiger partial charge < -0.3 is 10.2 Å². The van der Waals surface area contributed by atoms with Gasteiger partial charge in [-0.25, -0.2) is 0 Å². The average molecular weight is 264 g/mol. The van der Waals surface area contributed by atoms with E-state index in [9.17, 15) is 15.0 Å². The Morgan fingerprint density at radius 2 is 1.89 bits per heavy atom. The zero-order chi connectivity index (χ0) is 14.8. The summed E-state index contributed by atoms with van der Waals surface area (Å²) in [4.78, 5) is 11.5. The lowest BCUT2D eigenvalue weighted by Crippen LogP contribution is -2.20. The molecule has 1 rings (SSSR count). The van der Waals surface area contributed by atoms with Gasteiger partial charge in [0.2, 0.25) is 0 Å². The summed E-state index contributed by atoms with van der Waals surface area (Å²) in [6, 6.07) is 3.54. The van der Waals surface area contributed by atoms with Crippen LogP contribution in [-0.2, 0) is 10.2 Å². The highest BCUT2D eigenvalue weighted by molar-refractivity contribution is 5.77. The maximum absolute atomic E-state index is 11.5. The van der Waals surface area contributed by atoms with E-state index in [0.717, 1.165) is 23.1 Å². The van der Waals surface area contributed by atoms with E-state index in [1.807, 2.05) is 33.8 Å². The molecule has 0 aliphatic heterocycles. The number of carboxylic acids is 1. The third kappa shape index (κ3) is 3.49. The van der Waals surface area contributed by atoms with Crippen LogP contribution in [0, 0.1) is 6.92 Å². The van der Waals surface area contributed by atoms with Crippen LogP contribution in [0.1, 0.15) is 63.1 Å². The number of aryl methyl sites for hydroxylation is 1. The van der Waals surface area contributed by atoms with Gasteiger partial charge in [-0.15, -0.1) is 0 Å². The highest BCUT2D eigenvalue weighted by Crippen LogP contribution is 2.36. The van der Waals surface area contributed by atoms with Crippen LogP contribution in [0.15, 0.2) is 12.1 Å². The van der Waals surface area contributed by atoms with E-state index in [1.165, 1.54) is 0 Å². The summed E-state index contributed by atoms with van der Waals surface area (Å²) in [5, 5.41) is 19.3. The third-order valence-electron chi connectivity index (χ3n) is 3.43. The number of benzene rings is 1. The van der Waals surface area contributed by atoms with Crippen molar-refractivity contribution in [2.75, 3.05) is 0 Å². The molecule has 0 aliphatic carbocycles. The molecule has 1 unspecified atom stereocenters. The first-order valence-electron chi connectivity index (χ1n) is 6.75. The first kappa shape index (κ1) is 15.5. The quantitative estimate of drug-likeness (QED) is 0.865. The van der Waals surface area contributed by atoms with Gasteiger partial charge in [0.05, 0.1) is 5.92 Å². The largest absolute Gasteiger partial charge is 0.508 e. The monoisotopic (exact) mass is 264 g/mol. The SMILES string of the molecule is CCCC(C(=O)O)c1cc(C)c(O)cc1C(C)(C)C. The molecule has 0 amide bonds. The highest BCUT2D eigenvalue weighted by atomic mass is 16.4. The molecule has 1 atom stereocenters. The number of hydrogen-bond donors (Lipinski definition) is 2. The number of carboxylic acid groups (broad SMARTS) is 1. The van der Waals surface area contributed by atoms with Crippen molar-refractivity contribution in [1.82, 2.24) is 0 Å². The number of rotatable bonds is 4. The molecule has 0 spiro atoms. The van der Waals surface area contributed by atoms with Crippen LogP contribution >= 0.6 is 0 Å². The third-order valence-corrected chi connectivity index (χ3v) is 3.43. The van der Waals surface area contributed by atoms with Crippen LogP contribution in [0.4, 0.5) is 0 Å². The molecule has 106 valence electrons. The van der Waals surface area contributed by atoms with Crippen molar-refractivity contribution in [3.05, 3.63) is 28.8 Å². The van der Waals surface area contributed by atoms with Gasteiger partial charge in [0.15, 0.2) is 0 Å².